The molecule has 9 nitrogen and oxygen atoms in total. The minimum atomic E-state index is -0.458. The molecule has 3 aromatic rings. The lowest BCUT2D eigenvalue weighted by atomic mass is 10.2. The summed E-state index contributed by atoms with van der Waals surface area (Å²) < 4.78 is 0. The maximum Gasteiger partial charge on any atom is 0.321 e. The van der Waals surface area contributed by atoms with Gasteiger partial charge in [-0.25, -0.2) is 9.78 Å². The van der Waals surface area contributed by atoms with Crippen molar-refractivity contribution < 1.29 is 9.59 Å². The molecule has 0 atom stereocenters. The Kier molecular flexibility index (Phi) is 4.21. The van der Waals surface area contributed by atoms with Crippen molar-refractivity contribution in [1.82, 2.24) is 19.9 Å². The van der Waals surface area contributed by atoms with Crippen molar-refractivity contribution in [2.45, 2.75) is 0 Å². The molecule has 0 aliphatic carbocycles. The summed E-state index contributed by atoms with van der Waals surface area (Å²) in [5.74, 6) is -0.458. The smallest absolute Gasteiger partial charge is 0.321 e. The summed E-state index contributed by atoms with van der Waals surface area (Å²) in [6.07, 6.45) is 2.69. The average Bonchev–Trinajstić information content (AvgIpc) is 3.00. The Bertz CT molecular complexity index is 1000. The van der Waals surface area contributed by atoms with E-state index in [0.29, 0.717) is 17.0 Å². The Morgan fingerprint density at radius 2 is 1.84 bits per heavy atom. The molecule has 0 spiro atoms. The number of carbonyl (C=O) groups excluding carboxylic acids is 2. The van der Waals surface area contributed by atoms with Crippen molar-refractivity contribution in [2.75, 3.05) is 24.7 Å². The van der Waals surface area contributed by atoms with Gasteiger partial charge in [-0.3, -0.25) is 9.59 Å². The third kappa shape index (κ3) is 3.34. The number of aromatic nitrogens is 3. The van der Waals surface area contributed by atoms with Gasteiger partial charge in [0.25, 0.3) is 11.5 Å². The fraction of sp³-hybridized carbons (Fsp3) is 0.125. The Morgan fingerprint density at radius 1 is 1.12 bits per heavy atom. The number of carbonyl (C=O) groups is 2. The molecule has 2 heterocycles. The molecule has 128 valence electrons. The van der Waals surface area contributed by atoms with E-state index in [4.69, 9.17) is 0 Å². The van der Waals surface area contributed by atoms with Crippen LogP contribution in [0.15, 0.2) is 41.6 Å². The van der Waals surface area contributed by atoms with E-state index >= 15 is 0 Å². The minimum absolute atomic E-state index is 0.187. The lowest BCUT2D eigenvalue weighted by Gasteiger charge is -2.13. The molecule has 0 saturated carbocycles. The lowest BCUT2D eigenvalue weighted by molar-refractivity contribution is 0.102. The second-order valence-corrected chi connectivity index (χ2v) is 5.52. The molecule has 0 saturated heterocycles. The molecule has 0 radical (unpaired) electrons. The molecule has 3 rings (SSSR count). The van der Waals surface area contributed by atoms with Crippen LogP contribution in [-0.2, 0) is 0 Å². The van der Waals surface area contributed by atoms with Crippen LogP contribution in [0.5, 0.6) is 0 Å². The third-order valence-corrected chi connectivity index (χ3v) is 3.50. The molecule has 0 unspecified atom stereocenters. The molecule has 4 N–H and O–H groups in total. The third-order valence-electron chi connectivity index (χ3n) is 3.50. The summed E-state index contributed by atoms with van der Waals surface area (Å²) in [7, 11) is 3.26. The largest absolute Gasteiger partial charge is 0.345 e. The van der Waals surface area contributed by atoms with Gasteiger partial charge in [-0.15, -0.1) is 0 Å². The number of anilines is 2. The summed E-state index contributed by atoms with van der Waals surface area (Å²) in [6, 6.07) is 6.43. The topological polar surface area (TPSA) is 123 Å². The number of benzene rings is 1. The van der Waals surface area contributed by atoms with Gasteiger partial charge < -0.3 is 25.5 Å². The van der Waals surface area contributed by atoms with E-state index < -0.39 is 11.5 Å². The Hall–Kier alpha value is -3.62. The van der Waals surface area contributed by atoms with Crippen LogP contribution in [0.3, 0.4) is 0 Å². The number of H-pyrrole nitrogens is 2. The first-order valence-corrected chi connectivity index (χ1v) is 7.40. The second kappa shape index (κ2) is 6.48. The van der Waals surface area contributed by atoms with Crippen molar-refractivity contribution in [3.8, 4) is 0 Å². The summed E-state index contributed by atoms with van der Waals surface area (Å²) in [6.45, 7) is 0. The highest BCUT2D eigenvalue weighted by molar-refractivity contribution is 6.12. The van der Waals surface area contributed by atoms with E-state index in [2.05, 4.69) is 25.6 Å². The highest BCUT2D eigenvalue weighted by Gasteiger charge is 2.16. The molecule has 0 bridgehead atoms. The van der Waals surface area contributed by atoms with Crippen LogP contribution < -0.4 is 16.2 Å². The number of urea groups is 1. The van der Waals surface area contributed by atoms with Crippen LogP contribution in [0.2, 0.25) is 0 Å². The molecule has 9 heteroatoms. The summed E-state index contributed by atoms with van der Waals surface area (Å²) in [5, 5.41) is 5.59. The SMILES string of the molecule is CN(C)C(=O)Nc1cccc(NC(=O)c2c[nH]c3nc[nH]c(=O)c23)c1. The Morgan fingerprint density at radius 3 is 2.56 bits per heavy atom. The number of amides is 3. The van der Waals surface area contributed by atoms with Crippen LogP contribution in [0.4, 0.5) is 16.2 Å². The first-order chi connectivity index (χ1) is 12.0. The van der Waals surface area contributed by atoms with Gasteiger partial charge in [0.05, 0.1) is 17.3 Å². The van der Waals surface area contributed by atoms with E-state index in [-0.39, 0.29) is 17.0 Å². The lowest BCUT2D eigenvalue weighted by Crippen LogP contribution is -2.27. The Labute approximate surface area is 142 Å². The van der Waals surface area contributed by atoms with Crippen molar-refractivity contribution >= 4 is 34.3 Å². The van der Waals surface area contributed by atoms with Gasteiger partial charge in [0.1, 0.15) is 5.65 Å². The standard InChI is InChI=1S/C16H16N6O3/c1-22(2)16(25)21-10-5-3-4-9(6-10)20-14(23)11-7-17-13-12(11)15(24)19-8-18-13/h3-8H,1-2H3,(H,20,23)(H,21,25)(H2,17,18,19,24). The van der Waals surface area contributed by atoms with E-state index in [1.807, 2.05) is 0 Å². The first kappa shape index (κ1) is 16.2. The van der Waals surface area contributed by atoms with Gasteiger partial charge in [0.2, 0.25) is 0 Å². The number of nitrogens with one attached hydrogen (secondary N) is 4. The van der Waals surface area contributed by atoms with Crippen LogP contribution in [0.25, 0.3) is 11.0 Å². The predicted octanol–water partition coefficient (Wildman–Crippen LogP) is 1.60. The fourth-order valence-corrected chi connectivity index (χ4v) is 2.26. The molecule has 2 aromatic heterocycles. The Balaban J connectivity index is 1.83. The fourth-order valence-electron chi connectivity index (χ4n) is 2.26. The molecule has 25 heavy (non-hydrogen) atoms. The molecule has 1 aromatic carbocycles. The van der Waals surface area contributed by atoms with E-state index in [1.165, 1.54) is 17.4 Å². The summed E-state index contributed by atoms with van der Waals surface area (Å²) >= 11 is 0. The van der Waals surface area contributed by atoms with Crippen molar-refractivity contribution in [2.24, 2.45) is 0 Å². The van der Waals surface area contributed by atoms with E-state index in [9.17, 15) is 14.4 Å². The second-order valence-electron chi connectivity index (χ2n) is 5.52. The molecule has 3 amide bonds. The van der Waals surface area contributed by atoms with Gasteiger partial charge >= 0.3 is 6.03 Å². The zero-order valence-electron chi connectivity index (χ0n) is 13.6. The number of rotatable bonds is 3. The van der Waals surface area contributed by atoms with Crippen molar-refractivity contribution in [1.29, 1.82) is 0 Å². The van der Waals surface area contributed by atoms with Gasteiger partial charge in [-0.05, 0) is 18.2 Å². The van der Waals surface area contributed by atoms with Crippen LogP contribution in [0.1, 0.15) is 10.4 Å². The quantitative estimate of drug-likeness (QED) is 0.578. The number of aromatic amines is 2. The number of hydrogen-bond acceptors (Lipinski definition) is 4. The molecular formula is C16H16N6O3. The molecular weight excluding hydrogens is 324 g/mol. The van der Waals surface area contributed by atoms with E-state index in [1.54, 1.807) is 38.4 Å². The van der Waals surface area contributed by atoms with Gasteiger partial charge in [0, 0.05) is 31.7 Å². The van der Waals surface area contributed by atoms with Crippen LogP contribution >= 0.6 is 0 Å². The minimum Gasteiger partial charge on any atom is -0.345 e. The van der Waals surface area contributed by atoms with Crippen LogP contribution in [0, 0.1) is 0 Å². The highest BCUT2D eigenvalue weighted by atomic mass is 16.2. The first-order valence-electron chi connectivity index (χ1n) is 7.40. The monoisotopic (exact) mass is 340 g/mol. The average molecular weight is 340 g/mol. The zero-order valence-corrected chi connectivity index (χ0v) is 13.6. The van der Waals surface area contributed by atoms with Crippen LogP contribution in [-0.4, -0.2) is 45.9 Å². The summed E-state index contributed by atoms with van der Waals surface area (Å²) in [5.41, 5.74) is 1.14. The number of nitrogens with zero attached hydrogens (tertiary/aromatic N) is 2. The van der Waals surface area contributed by atoms with Crippen molar-refractivity contribution in [3.05, 3.63) is 52.7 Å². The number of hydrogen-bond donors (Lipinski definition) is 4. The summed E-state index contributed by atoms with van der Waals surface area (Å²) in [4.78, 5) is 46.7. The highest BCUT2D eigenvalue weighted by Crippen LogP contribution is 2.18. The molecule has 0 aliphatic rings. The van der Waals surface area contributed by atoms with Gasteiger partial charge in [0.15, 0.2) is 0 Å². The predicted molar refractivity (Wildman–Crippen MR) is 93.8 cm³/mol. The molecule has 0 aliphatic heterocycles. The maximum atomic E-state index is 12.5. The van der Waals surface area contributed by atoms with Gasteiger partial charge in [-0.1, -0.05) is 6.07 Å². The normalized spacial score (nSPS) is 10.5. The zero-order chi connectivity index (χ0) is 18.0. The van der Waals surface area contributed by atoms with E-state index in [0.717, 1.165) is 0 Å². The maximum absolute atomic E-state index is 12.5. The number of fused-ring (bicyclic) bond motifs is 1. The van der Waals surface area contributed by atoms with Gasteiger partial charge in [-0.2, -0.15) is 0 Å². The molecule has 0 fully saturated rings. The van der Waals surface area contributed by atoms with Crippen molar-refractivity contribution in [3.63, 3.8) is 0 Å².